The summed E-state index contributed by atoms with van der Waals surface area (Å²) < 4.78 is 5.87. The van der Waals surface area contributed by atoms with E-state index < -0.39 is 0 Å². The lowest BCUT2D eigenvalue weighted by Gasteiger charge is -2.32. The number of hydrogen-bond donors (Lipinski definition) is 1. The average Bonchev–Trinajstić information content (AvgIpc) is 3.07. The first-order valence-corrected chi connectivity index (χ1v) is 9.47. The summed E-state index contributed by atoms with van der Waals surface area (Å²) >= 11 is 0. The lowest BCUT2D eigenvalue weighted by Crippen LogP contribution is -2.41. The third kappa shape index (κ3) is 4.26. The number of carbonyl (C=O) groups is 1. The molecule has 0 bridgehead atoms. The van der Waals surface area contributed by atoms with Crippen LogP contribution in [0.1, 0.15) is 61.0 Å². The van der Waals surface area contributed by atoms with Gasteiger partial charge in [0.25, 0.3) is 5.91 Å². The molecule has 5 heteroatoms. The highest BCUT2D eigenvalue weighted by Crippen LogP contribution is 2.27. The van der Waals surface area contributed by atoms with Gasteiger partial charge in [0.1, 0.15) is 5.75 Å². The van der Waals surface area contributed by atoms with Gasteiger partial charge < -0.3 is 9.64 Å². The zero-order valence-electron chi connectivity index (χ0n) is 16.2. The minimum Gasteiger partial charge on any atom is -0.483 e. The van der Waals surface area contributed by atoms with Crippen molar-refractivity contribution in [3.05, 3.63) is 46.8 Å². The molecular weight excluding hydrogens is 326 g/mol. The monoisotopic (exact) mass is 355 g/mol. The lowest BCUT2D eigenvalue weighted by molar-refractivity contribution is -0.134. The molecule has 1 N–H and O–H groups in total. The van der Waals surface area contributed by atoms with E-state index in [1.807, 2.05) is 18.7 Å². The fourth-order valence-corrected chi connectivity index (χ4v) is 3.46. The summed E-state index contributed by atoms with van der Waals surface area (Å²) in [6.45, 7) is 9.94. The number of hydrogen-bond acceptors (Lipinski definition) is 3. The SMILES string of the molecule is Cc1cc([C@H]2CCCN(C(=O)COc3cc(C(C)C)ccc3C)C2)n[nH]1. The van der Waals surface area contributed by atoms with Gasteiger partial charge >= 0.3 is 0 Å². The van der Waals surface area contributed by atoms with Crippen molar-refractivity contribution >= 4 is 5.91 Å². The normalized spacial score (nSPS) is 17.6. The van der Waals surface area contributed by atoms with Gasteiger partial charge in [-0.25, -0.2) is 0 Å². The fourth-order valence-electron chi connectivity index (χ4n) is 3.46. The maximum Gasteiger partial charge on any atom is 0.260 e. The van der Waals surface area contributed by atoms with Gasteiger partial charge in [-0.15, -0.1) is 0 Å². The number of rotatable bonds is 5. The van der Waals surface area contributed by atoms with E-state index in [-0.39, 0.29) is 12.5 Å². The van der Waals surface area contributed by atoms with E-state index >= 15 is 0 Å². The smallest absolute Gasteiger partial charge is 0.260 e. The Bertz CT molecular complexity index is 766. The van der Waals surface area contributed by atoms with Crippen LogP contribution in [0, 0.1) is 13.8 Å². The van der Waals surface area contributed by atoms with E-state index in [1.165, 1.54) is 5.56 Å². The molecule has 1 saturated heterocycles. The van der Waals surface area contributed by atoms with Crippen LogP contribution in [0.15, 0.2) is 24.3 Å². The average molecular weight is 355 g/mol. The first-order chi connectivity index (χ1) is 12.4. The first-order valence-electron chi connectivity index (χ1n) is 9.47. The van der Waals surface area contributed by atoms with Crippen LogP contribution in [0.25, 0.3) is 0 Å². The van der Waals surface area contributed by atoms with E-state index in [2.05, 4.69) is 48.3 Å². The van der Waals surface area contributed by atoms with Gasteiger partial charge in [0.15, 0.2) is 6.61 Å². The summed E-state index contributed by atoms with van der Waals surface area (Å²) in [4.78, 5) is 14.6. The molecule has 2 heterocycles. The molecule has 3 rings (SSSR count). The minimum atomic E-state index is 0.0521. The highest BCUT2D eigenvalue weighted by Gasteiger charge is 2.26. The molecule has 0 saturated carbocycles. The molecule has 5 nitrogen and oxygen atoms in total. The Hall–Kier alpha value is -2.30. The Labute approximate surface area is 155 Å². The molecule has 1 aromatic carbocycles. The Morgan fingerprint density at radius 2 is 2.15 bits per heavy atom. The standard InChI is InChI=1S/C21H29N3O2/c1-14(2)17-8-7-15(3)20(11-17)26-13-21(25)24-9-5-6-18(12-24)19-10-16(4)22-23-19/h7-8,10-11,14,18H,5-6,9,12-13H2,1-4H3,(H,22,23)/t18-/m0/s1. The van der Waals surface area contributed by atoms with Crippen LogP contribution in [0.3, 0.4) is 0 Å². The summed E-state index contributed by atoms with van der Waals surface area (Å²) in [7, 11) is 0. The van der Waals surface area contributed by atoms with Crippen molar-refractivity contribution in [3.8, 4) is 5.75 Å². The summed E-state index contributed by atoms with van der Waals surface area (Å²) in [6, 6.07) is 8.32. The zero-order chi connectivity index (χ0) is 18.7. The van der Waals surface area contributed by atoms with E-state index in [4.69, 9.17) is 4.74 Å². The van der Waals surface area contributed by atoms with E-state index in [0.717, 1.165) is 48.6 Å². The predicted octanol–water partition coefficient (Wildman–Crippen LogP) is 3.93. The van der Waals surface area contributed by atoms with Crippen LogP contribution in [-0.2, 0) is 4.79 Å². The highest BCUT2D eigenvalue weighted by atomic mass is 16.5. The number of aromatic nitrogens is 2. The second-order valence-electron chi connectivity index (χ2n) is 7.62. The summed E-state index contributed by atoms with van der Waals surface area (Å²) in [6.07, 6.45) is 2.08. The molecule has 1 fully saturated rings. The molecular formula is C21H29N3O2. The second-order valence-corrected chi connectivity index (χ2v) is 7.62. The molecule has 1 aliphatic heterocycles. The van der Waals surface area contributed by atoms with E-state index in [0.29, 0.717) is 11.8 Å². The molecule has 0 unspecified atom stereocenters. The van der Waals surface area contributed by atoms with Crippen LogP contribution in [0.5, 0.6) is 5.75 Å². The molecule has 0 spiro atoms. The number of ether oxygens (including phenoxy) is 1. The number of amides is 1. The molecule has 2 aromatic rings. The van der Waals surface area contributed by atoms with Gasteiger partial charge in [0.2, 0.25) is 0 Å². The van der Waals surface area contributed by atoms with Crippen molar-refractivity contribution in [2.24, 2.45) is 0 Å². The molecule has 1 atom stereocenters. The summed E-state index contributed by atoms with van der Waals surface area (Å²) in [5.41, 5.74) is 4.41. The minimum absolute atomic E-state index is 0.0521. The Balaban J connectivity index is 1.60. The van der Waals surface area contributed by atoms with Crippen molar-refractivity contribution in [2.75, 3.05) is 19.7 Å². The van der Waals surface area contributed by atoms with Crippen molar-refractivity contribution in [1.29, 1.82) is 0 Å². The number of nitrogens with zero attached hydrogens (tertiary/aromatic N) is 2. The second kappa shape index (κ2) is 7.94. The molecule has 26 heavy (non-hydrogen) atoms. The number of aromatic amines is 1. The number of aryl methyl sites for hydroxylation is 2. The Kier molecular flexibility index (Phi) is 5.64. The number of nitrogens with one attached hydrogen (secondary N) is 1. The highest BCUT2D eigenvalue weighted by molar-refractivity contribution is 5.78. The topological polar surface area (TPSA) is 58.2 Å². The summed E-state index contributed by atoms with van der Waals surface area (Å²) in [5, 5.41) is 7.37. The molecule has 0 radical (unpaired) electrons. The van der Waals surface area contributed by atoms with E-state index in [9.17, 15) is 4.79 Å². The largest absolute Gasteiger partial charge is 0.483 e. The van der Waals surface area contributed by atoms with Gasteiger partial charge in [-0.2, -0.15) is 5.10 Å². The Morgan fingerprint density at radius 3 is 2.85 bits per heavy atom. The van der Waals surface area contributed by atoms with Gasteiger partial charge in [-0.1, -0.05) is 26.0 Å². The third-order valence-corrected chi connectivity index (χ3v) is 5.15. The maximum atomic E-state index is 12.7. The molecule has 140 valence electrons. The first kappa shape index (κ1) is 18.5. The van der Waals surface area contributed by atoms with Crippen molar-refractivity contribution in [2.45, 2.75) is 52.4 Å². The quantitative estimate of drug-likeness (QED) is 0.884. The van der Waals surface area contributed by atoms with Crippen LogP contribution in [-0.4, -0.2) is 40.7 Å². The molecule has 1 aromatic heterocycles. The molecule has 0 aliphatic carbocycles. The Morgan fingerprint density at radius 1 is 1.35 bits per heavy atom. The number of benzene rings is 1. The number of piperidine rings is 1. The number of likely N-dealkylation sites (tertiary alicyclic amines) is 1. The maximum absolute atomic E-state index is 12.7. The van der Waals surface area contributed by atoms with Crippen LogP contribution >= 0.6 is 0 Å². The van der Waals surface area contributed by atoms with E-state index in [1.54, 1.807) is 0 Å². The van der Waals surface area contributed by atoms with Gasteiger partial charge in [0, 0.05) is 24.7 Å². The molecule has 1 aliphatic rings. The van der Waals surface area contributed by atoms with Gasteiger partial charge in [0.05, 0.1) is 5.69 Å². The van der Waals surface area contributed by atoms with Crippen LogP contribution in [0.2, 0.25) is 0 Å². The van der Waals surface area contributed by atoms with Gasteiger partial charge in [-0.05, 0) is 55.9 Å². The summed E-state index contributed by atoms with van der Waals surface area (Å²) in [5.74, 6) is 1.61. The third-order valence-electron chi connectivity index (χ3n) is 5.15. The predicted molar refractivity (Wildman–Crippen MR) is 103 cm³/mol. The fraction of sp³-hybridized carbons (Fsp3) is 0.524. The number of H-pyrrole nitrogens is 1. The van der Waals surface area contributed by atoms with Crippen LogP contribution in [0.4, 0.5) is 0 Å². The molecule has 1 amide bonds. The number of carbonyl (C=O) groups excluding carboxylic acids is 1. The van der Waals surface area contributed by atoms with Crippen molar-refractivity contribution in [1.82, 2.24) is 15.1 Å². The lowest BCUT2D eigenvalue weighted by atomic mass is 9.94. The van der Waals surface area contributed by atoms with Gasteiger partial charge in [-0.3, -0.25) is 9.89 Å². The van der Waals surface area contributed by atoms with Crippen molar-refractivity contribution in [3.63, 3.8) is 0 Å². The van der Waals surface area contributed by atoms with Crippen LogP contribution < -0.4 is 4.74 Å². The zero-order valence-corrected chi connectivity index (χ0v) is 16.2. The van der Waals surface area contributed by atoms with Crippen molar-refractivity contribution < 1.29 is 9.53 Å².